The molecule has 0 aliphatic heterocycles. The minimum absolute atomic E-state index is 0.0587. The van der Waals surface area contributed by atoms with E-state index in [9.17, 15) is 13.9 Å². The molecule has 116 valence electrons. The summed E-state index contributed by atoms with van der Waals surface area (Å²) in [6.45, 7) is 2.94. The van der Waals surface area contributed by atoms with Crippen molar-refractivity contribution in [3.05, 3.63) is 0 Å². The molecule has 0 amide bonds. The van der Waals surface area contributed by atoms with Crippen molar-refractivity contribution >= 4 is 0 Å². The van der Waals surface area contributed by atoms with E-state index in [1.54, 1.807) is 0 Å². The van der Waals surface area contributed by atoms with Crippen LogP contribution in [0.2, 0.25) is 0 Å². The molecule has 0 spiro atoms. The highest BCUT2D eigenvalue weighted by molar-refractivity contribution is 5.11. The summed E-state index contributed by atoms with van der Waals surface area (Å²) in [5, 5.41) is 10.9. The zero-order valence-electron chi connectivity index (χ0n) is 12.5. The minimum Gasteiger partial charge on any atom is -0.389 e. The van der Waals surface area contributed by atoms with Crippen LogP contribution in [-0.2, 0) is 4.74 Å². The Morgan fingerprint density at radius 3 is 2.30 bits per heavy atom. The SMILES string of the molecule is CCC1(O)C2CC3CC1CC(COCC(C)(F)F)(C3)C2. The molecule has 4 bridgehead atoms. The van der Waals surface area contributed by atoms with Crippen LogP contribution >= 0.6 is 0 Å². The molecule has 4 heteroatoms. The lowest BCUT2D eigenvalue weighted by Gasteiger charge is -2.63. The zero-order chi connectivity index (χ0) is 14.6. The summed E-state index contributed by atoms with van der Waals surface area (Å²) < 4.78 is 31.1. The van der Waals surface area contributed by atoms with Crippen LogP contribution in [-0.4, -0.2) is 29.8 Å². The van der Waals surface area contributed by atoms with E-state index in [2.05, 4.69) is 6.92 Å². The Hall–Kier alpha value is -0.220. The van der Waals surface area contributed by atoms with Crippen molar-refractivity contribution in [1.82, 2.24) is 0 Å². The van der Waals surface area contributed by atoms with Gasteiger partial charge in [0.2, 0.25) is 0 Å². The van der Waals surface area contributed by atoms with E-state index in [0.29, 0.717) is 24.4 Å². The number of ether oxygens (including phenoxy) is 1. The number of hydrogen-bond donors (Lipinski definition) is 1. The number of halogens is 2. The summed E-state index contributed by atoms with van der Waals surface area (Å²) in [5.41, 5.74) is -0.446. The smallest absolute Gasteiger partial charge is 0.268 e. The first-order valence-electron chi connectivity index (χ1n) is 7.94. The molecular formula is C16H26F2O2. The lowest BCUT2D eigenvalue weighted by atomic mass is 9.44. The van der Waals surface area contributed by atoms with E-state index in [1.165, 1.54) is 0 Å². The molecular weight excluding hydrogens is 262 g/mol. The van der Waals surface area contributed by atoms with Crippen LogP contribution in [0.25, 0.3) is 0 Å². The van der Waals surface area contributed by atoms with Crippen LogP contribution < -0.4 is 0 Å². The molecule has 0 radical (unpaired) electrons. The van der Waals surface area contributed by atoms with Crippen LogP contribution in [0.1, 0.15) is 52.4 Å². The molecule has 1 N–H and O–H groups in total. The topological polar surface area (TPSA) is 29.5 Å². The third-order valence-corrected chi connectivity index (χ3v) is 6.06. The second kappa shape index (κ2) is 4.64. The van der Waals surface area contributed by atoms with E-state index in [0.717, 1.165) is 45.4 Å². The van der Waals surface area contributed by atoms with Gasteiger partial charge in [0.15, 0.2) is 0 Å². The summed E-state index contributed by atoms with van der Waals surface area (Å²) in [6.07, 6.45) is 6.08. The predicted molar refractivity (Wildman–Crippen MR) is 72.7 cm³/mol. The van der Waals surface area contributed by atoms with E-state index in [4.69, 9.17) is 4.74 Å². The highest BCUT2D eigenvalue weighted by Crippen LogP contribution is 2.64. The van der Waals surface area contributed by atoms with Crippen LogP contribution in [0.4, 0.5) is 8.78 Å². The van der Waals surface area contributed by atoms with Crippen molar-refractivity contribution < 1.29 is 18.6 Å². The van der Waals surface area contributed by atoms with E-state index >= 15 is 0 Å². The number of hydrogen-bond acceptors (Lipinski definition) is 2. The Balaban J connectivity index is 1.68. The zero-order valence-corrected chi connectivity index (χ0v) is 12.5. The molecule has 4 saturated carbocycles. The molecule has 0 aromatic heterocycles. The first kappa shape index (κ1) is 14.7. The van der Waals surface area contributed by atoms with Crippen molar-refractivity contribution in [2.45, 2.75) is 63.9 Å². The van der Waals surface area contributed by atoms with Gasteiger partial charge in [-0.25, -0.2) is 8.78 Å². The fourth-order valence-electron chi connectivity index (χ4n) is 5.44. The van der Waals surface area contributed by atoms with Crippen molar-refractivity contribution in [2.24, 2.45) is 23.2 Å². The minimum atomic E-state index is -2.74. The van der Waals surface area contributed by atoms with E-state index in [1.807, 2.05) is 0 Å². The fraction of sp³-hybridized carbons (Fsp3) is 1.00. The van der Waals surface area contributed by atoms with Crippen molar-refractivity contribution in [3.8, 4) is 0 Å². The van der Waals surface area contributed by atoms with Crippen LogP contribution in [0.5, 0.6) is 0 Å². The number of rotatable bonds is 5. The van der Waals surface area contributed by atoms with Crippen molar-refractivity contribution in [3.63, 3.8) is 0 Å². The summed E-state index contributed by atoms with van der Waals surface area (Å²) in [6, 6.07) is 0. The second-order valence-corrected chi connectivity index (χ2v) is 7.75. The molecule has 2 atom stereocenters. The maximum Gasteiger partial charge on any atom is 0.268 e. The molecule has 2 unspecified atom stereocenters. The molecule has 0 saturated heterocycles. The van der Waals surface area contributed by atoms with Crippen LogP contribution in [0.3, 0.4) is 0 Å². The largest absolute Gasteiger partial charge is 0.389 e. The quantitative estimate of drug-likeness (QED) is 0.837. The third-order valence-electron chi connectivity index (χ3n) is 6.06. The molecule has 2 nitrogen and oxygen atoms in total. The average molecular weight is 288 g/mol. The summed E-state index contributed by atoms with van der Waals surface area (Å²) in [4.78, 5) is 0. The molecule has 0 aromatic rings. The molecule has 20 heavy (non-hydrogen) atoms. The van der Waals surface area contributed by atoms with Gasteiger partial charge in [-0.1, -0.05) is 6.92 Å². The normalized spacial score (nSPS) is 47.0. The maximum absolute atomic E-state index is 12.9. The van der Waals surface area contributed by atoms with Gasteiger partial charge < -0.3 is 9.84 Å². The second-order valence-electron chi connectivity index (χ2n) is 7.75. The number of alkyl halides is 2. The highest BCUT2D eigenvalue weighted by atomic mass is 19.3. The predicted octanol–water partition coefficient (Wildman–Crippen LogP) is 3.63. The Kier molecular flexibility index (Phi) is 3.41. The molecule has 4 aliphatic carbocycles. The van der Waals surface area contributed by atoms with Crippen LogP contribution in [0.15, 0.2) is 0 Å². The monoisotopic (exact) mass is 288 g/mol. The van der Waals surface area contributed by atoms with Gasteiger partial charge >= 0.3 is 0 Å². The Morgan fingerprint density at radius 1 is 1.20 bits per heavy atom. The third kappa shape index (κ3) is 2.39. The summed E-state index contributed by atoms with van der Waals surface area (Å²) in [5.74, 6) is -1.37. The fourth-order valence-corrected chi connectivity index (χ4v) is 5.44. The Bertz CT molecular complexity index is 361. The summed E-state index contributed by atoms with van der Waals surface area (Å²) in [7, 11) is 0. The average Bonchev–Trinajstić information content (AvgIpc) is 2.33. The van der Waals surface area contributed by atoms with Gasteiger partial charge in [0.25, 0.3) is 5.92 Å². The maximum atomic E-state index is 12.9. The highest BCUT2D eigenvalue weighted by Gasteiger charge is 2.60. The summed E-state index contributed by atoms with van der Waals surface area (Å²) >= 11 is 0. The molecule has 0 heterocycles. The standard InChI is InChI=1S/C16H26F2O2/c1-3-16(19)12-4-11-5-13(16)8-15(6-11,7-12)10-20-9-14(2,17)18/h11-13,19H,3-10H2,1-2H3. The molecule has 0 aromatic carbocycles. The van der Waals surface area contributed by atoms with Gasteiger partial charge in [0.05, 0.1) is 12.2 Å². The Morgan fingerprint density at radius 2 is 1.80 bits per heavy atom. The first-order valence-corrected chi connectivity index (χ1v) is 7.94. The molecule has 4 rings (SSSR count). The molecule has 4 fully saturated rings. The van der Waals surface area contributed by atoms with E-state index in [-0.39, 0.29) is 5.41 Å². The number of aliphatic hydroxyl groups is 1. The van der Waals surface area contributed by atoms with Gasteiger partial charge in [-0.2, -0.15) is 0 Å². The Labute approximate surface area is 119 Å². The van der Waals surface area contributed by atoms with Crippen LogP contribution in [0, 0.1) is 23.2 Å². The van der Waals surface area contributed by atoms with Crippen molar-refractivity contribution in [1.29, 1.82) is 0 Å². The van der Waals surface area contributed by atoms with Gasteiger partial charge in [-0.15, -0.1) is 0 Å². The van der Waals surface area contributed by atoms with Gasteiger partial charge in [-0.3, -0.25) is 0 Å². The van der Waals surface area contributed by atoms with Gasteiger partial charge in [0.1, 0.15) is 6.61 Å². The lowest BCUT2D eigenvalue weighted by Crippen LogP contribution is -2.61. The van der Waals surface area contributed by atoms with Gasteiger partial charge in [0, 0.05) is 6.92 Å². The van der Waals surface area contributed by atoms with Gasteiger partial charge in [-0.05, 0) is 61.7 Å². The van der Waals surface area contributed by atoms with E-state index < -0.39 is 18.1 Å². The molecule has 4 aliphatic rings. The lowest BCUT2D eigenvalue weighted by molar-refractivity contribution is -0.217. The first-order chi connectivity index (χ1) is 9.26. The van der Waals surface area contributed by atoms with Crippen molar-refractivity contribution in [2.75, 3.05) is 13.2 Å².